The van der Waals surface area contributed by atoms with Crippen LogP contribution >= 0.6 is 15.9 Å². The molecule has 0 radical (unpaired) electrons. The summed E-state index contributed by atoms with van der Waals surface area (Å²) < 4.78 is 1.15. The van der Waals surface area contributed by atoms with Gasteiger partial charge in [-0.25, -0.2) is 9.97 Å². The average Bonchev–Trinajstić information content (AvgIpc) is 2.44. The summed E-state index contributed by atoms with van der Waals surface area (Å²) in [5, 5.41) is 3.40. The second-order valence-corrected chi connectivity index (χ2v) is 6.66. The maximum atomic E-state index is 4.49. The predicted molar refractivity (Wildman–Crippen MR) is 91.2 cm³/mol. The zero-order valence-corrected chi connectivity index (χ0v) is 14.7. The Bertz CT molecular complexity index is 583. The molecule has 112 valence electrons. The molecule has 1 aromatic carbocycles. The Morgan fingerprint density at radius 2 is 1.67 bits per heavy atom. The molecule has 3 nitrogen and oxygen atoms in total. The zero-order chi connectivity index (χ0) is 15.4. The van der Waals surface area contributed by atoms with Gasteiger partial charge in [-0.3, -0.25) is 0 Å². The van der Waals surface area contributed by atoms with Crippen molar-refractivity contribution in [2.75, 3.05) is 6.54 Å². The van der Waals surface area contributed by atoms with E-state index in [2.05, 4.69) is 71.0 Å². The fourth-order valence-electron chi connectivity index (χ4n) is 2.18. The number of aryl methyl sites for hydroxylation is 2. The first-order valence-electron chi connectivity index (χ1n) is 7.26. The van der Waals surface area contributed by atoms with Crippen molar-refractivity contribution in [3.63, 3.8) is 0 Å². The molecule has 0 aliphatic carbocycles. The van der Waals surface area contributed by atoms with Crippen LogP contribution in [0, 0.1) is 19.8 Å². The Balaban J connectivity index is 2.12. The third kappa shape index (κ3) is 4.35. The second kappa shape index (κ2) is 7.14. The molecule has 1 N–H and O–H groups in total. The minimum atomic E-state index is 0.652. The number of nitrogens with zero attached hydrogens (tertiary/aromatic N) is 2. The van der Waals surface area contributed by atoms with Crippen LogP contribution in [0.4, 0.5) is 0 Å². The lowest BCUT2D eigenvalue weighted by Gasteiger charge is -2.09. The van der Waals surface area contributed by atoms with Crippen LogP contribution in [0.3, 0.4) is 0 Å². The fraction of sp³-hybridized carbons (Fsp3) is 0.412. The lowest BCUT2D eigenvalue weighted by atomic mass is 10.1. The molecule has 0 bridgehead atoms. The summed E-state index contributed by atoms with van der Waals surface area (Å²) in [4.78, 5) is 8.98. The van der Waals surface area contributed by atoms with E-state index in [1.54, 1.807) is 0 Å². The SMILES string of the molecule is Cc1cc(-c2ncc(CNCC(C)C)cn2)cc(C)c1Br. The molecule has 0 fully saturated rings. The van der Waals surface area contributed by atoms with E-state index < -0.39 is 0 Å². The second-order valence-electron chi connectivity index (χ2n) is 5.86. The van der Waals surface area contributed by atoms with Gasteiger partial charge in [0.25, 0.3) is 0 Å². The van der Waals surface area contributed by atoms with Crippen LogP contribution in [-0.2, 0) is 6.54 Å². The van der Waals surface area contributed by atoms with E-state index in [1.165, 1.54) is 11.1 Å². The van der Waals surface area contributed by atoms with Gasteiger partial charge in [0, 0.05) is 34.5 Å². The van der Waals surface area contributed by atoms with Crippen molar-refractivity contribution >= 4 is 15.9 Å². The molecule has 0 atom stereocenters. The van der Waals surface area contributed by atoms with Gasteiger partial charge < -0.3 is 5.32 Å². The van der Waals surface area contributed by atoms with Crippen molar-refractivity contribution in [1.29, 1.82) is 0 Å². The maximum Gasteiger partial charge on any atom is 0.159 e. The Labute approximate surface area is 135 Å². The minimum Gasteiger partial charge on any atom is -0.312 e. The van der Waals surface area contributed by atoms with Gasteiger partial charge in [-0.2, -0.15) is 0 Å². The molecular weight excluding hydrogens is 326 g/mol. The molecular formula is C17H22BrN3. The highest BCUT2D eigenvalue weighted by Crippen LogP contribution is 2.26. The van der Waals surface area contributed by atoms with Gasteiger partial charge in [0.2, 0.25) is 0 Å². The standard InChI is InChI=1S/C17H22BrN3/c1-11(2)7-19-8-14-9-20-17(21-10-14)15-5-12(3)16(18)13(4)6-15/h5-6,9-11,19H,7-8H2,1-4H3. The third-order valence-corrected chi connectivity index (χ3v) is 4.53. The molecule has 1 aromatic heterocycles. The van der Waals surface area contributed by atoms with Gasteiger partial charge in [0.05, 0.1) is 0 Å². The van der Waals surface area contributed by atoms with Crippen LogP contribution < -0.4 is 5.32 Å². The van der Waals surface area contributed by atoms with Crippen molar-refractivity contribution in [3.05, 3.63) is 45.7 Å². The molecule has 0 unspecified atom stereocenters. The summed E-state index contributed by atoms with van der Waals surface area (Å²) in [6.07, 6.45) is 3.81. The first-order chi connectivity index (χ1) is 9.97. The number of aromatic nitrogens is 2. The normalized spacial score (nSPS) is 11.1. The number of benzene rings is 1. The van der Waals surface area contributed by atoms with Crippen LogP contribution in [-0.4, -0.2) is 16.5 Å². The number of rotatable bonds is 5. The Morgan fingerprint density at radius 3 is 2.19 bits per heavy atom. The highest BCUT2D eigenvalue weighted by atomic mass is 79.9. The number of hydrogen-bond acceptors (Lipinski definition) is 3. The lowest BCUT2D eigenvalue weighted by molar-refractivity contribution is 0.551. The summed E-state index contributed by atoms with van der Waals surface area (Å²) in [5.41, 5.74) is 4.59. The molecule has 0 amide bonds. The van der Waals surface area contributed by atoms with Crippen LogP contribution in [0.15, 0.2) is 29.0 Å². The van der Waals surface area contributed by atoms with Gasteiger partial charge in [-0.1, -0.05) is 29.8 Å². The summed E-state index contributed by atoms with van der Waals surface area (Å²) in [7, 11) is 0. The van der Waals surface area contributed by atoms with E-state index >= 15 is 0 Å². The van der Waals surface area contributed by atoms with Gasteiger partial charge in [-0.15, -0.1) is 0 Å². The van der Waals surface area contributed by atoms with Gasteiger partial charge in [0.1, 0.15) is 0 Å². The highest BCUT2D eigenvalue weighted by molar-refractivity contribution is 9.10. The van der Waals surface area contributed by atoms with Crippen molar-refractivity contribution in [3.8, 4) is 11.4 Å². The van der Waals surface area contributed by atoms with Crippen LogP contribution in [0.2, 0.25) is 0 Å². The summed E-state index contributed by atoms with van der Waals surface area (Å²) >= 11 is 3.59. The van der Waals surface area contributed by atoms with Crippen molar-refractivity contribution < 1.29 is 0 Å². The molecule has 4 heteroatoms. The van der Waals surface area contributed by atoms with Crippen molar-refractivity contribution in [1.82, 2.24) is 15.3 Å². The molecule has 21 heavy (non-hydrogen) atoms. The van der Waals surface area contributed by atoms with E-state index in [1.807, 2.05) is 12.4 Å². The Morgan fingerprint density at radius 1 is 1.10 bits per heavy atom. The molecule has 2 aromatic rings. The first-order valence-corrected chi connectivity index (χ1v) is 8.05. The predicted octanol–water partition coefficient (Wildman–Crippen LogP) is 4.27. The number of halogens is 1. The smallest absolute Gasteiger partial charge is 0.159 e. The fourth-order valence-corrected chi connectivity index (χ4v) is 2.40. The van der Waals surface area contributed by atoms with Crippen LogP contribution in [0.25, 0.3) is 11.4 Å². The topological polar surface area (TPSA) is 37.8 Å². The molecule has 0 spiro atoms. The summed E-state index contributed by atoms with van der Waals surface area (Å²) in [6, 6.07) is 4.23. The molecule has 0 aliphatic heterocycles. The number of nitrogens with one attached hydrogen (secondary N) is 1. The van der Waals surface area contributed by atoms with Crippen molar-refractivity contribution in [2.45, 2.75) is 34.2 Å². The maximum absolute atomic E-state index is 4.49. The van der Waals surface area contributed by atoms with Gasteiger partial charge >= 0.3 is 0 Å². The summed E-state index contributed by atoms with van der Waals surface area (Å²) in [6.45, 7) is 10.4. The first kappa shape index (κ1) is 16.1. The molecule has 0 saturated heterocycles. The van der Waals surface area contributed by atoms with E-state index in [4.69, 9.17) is 0 Å². The molecule has 0 aliphatic rings. The monoisotopic (exact) mass is 347 g/mol. The summed E-state index contributed by atoms with van der Waals surface area (Å²) in [5.74, 6) is 1.43. The molecule has 0 saturated carbocycles. The molecule has 2 rings (SSSR count). The number of hydrogen-bond donors (Lipinski definition) is 1. The quantitative estimate of drug-likeness (QED) is 0.877. The van der Waals surface area contributed by atoms with E-state index in [0.717, 1.165) is 34.5 Å². The third-order valence-electron chi connectivity index (χ3n) is 3.28. The highest BCUT2D eigenvalue weighted by Gasteiger charge is 2.07. The van der Waals surface area contributed by atoms with E-state index in [9.17, 15) is 0 Å². The van der Waals surface area contributed by atoms with Crippen LogP contribution in [0.1, 0.15) is 30.5 Å². The zero-order valence-electron chi connectivity index (χ0n) is 13.1. The Hall–Kier alpha value is -1.26. The largest absolute Gasteiger partial charge is 0.312 e. The minimum absolute atomic E-state index is 0.652. The van der Waals surface area contributed by atoms with Gasteiger partial charge in [0.15, 0.2) is 5.82 Å². The van der Waals surface area contributed by atoms with E-state index in [0.29, 0.717) is 5.92 Å². The van der Waals surface area contributed by atoms with Crippen LogP contribution in [0.5, 0.6) is 0 Å². The van der Waals surface area contributed by atoms with Gasteiger partial charge in [-0.05, 0) is 49.6 Å². The Kier molecular flexibility index (Phi) is 5.48. The lowest BCUT2D eigenvalue weighted by Crippen LogP contribution is -2.19. The average molecular weight is 348 g/mol. The van der Waals surface area contributed by atoms with Crippen molar-refractivity contribution in [2.24, 2.45) is 5.92 Å². The van der Waals surface area contributed by atoms with E-state index in [-0.39, 0.29) is 0 Å². The molecule has 1 heterocycles.